The largest absolute Gasteiger partial charge is 0.339 e. The van der Waals surface area contributed by atoms with Gasteiger partial charge in [-0.25, -0.2) is 4.79 Å². The van der Waals surface area contributed by atoms with E-state index in [1.165, 1.54) is 11.1 Å². The van der Waals surface area contributed by atoms with Crippen molar-refractivity contribution in [3.63, 3.8) is 0 Å². The quantitative estimate of drug-likeness (QED) is 0.925. The summed E-state index contributed by atoms with van der Waals surface area (Å²) >= 11 is 0. The molecule has 1 aromatic carbocycles. The number of nitrogens with one attached hydrogen (secondary N) is 1. The molecule has 132 valence electrons. The van der Waals surface area contributed by atoms with Gasteiger partial charge in [0.25, 0.3) is 0 Å². The smallest absolute Gasteiger partial charge is 0.317 e. The molecular weight excluding hydrogens is 302 g/mol. The number of carbonyl (C=O) groups is 2. The topological polar surface area (TPSA) is 52.7 Å². The Hall–Kier alpha value is -2.04. The number of carbonyl (C=O) groups excluding carboxylic acids is 2. The molecule has 5 heteroatoms. The normalized spacial score (nSPS) is 15.3. The predicted octanol–water partition coefficient (Wildman–Crippen LogP) is 2.58. The molecule has 1 aliphatic rings. The molecule has 1 fully saturated rings. The lowest BCUT2D eigenvalue weighted by atomic mass is 10.0. The molecule has 0 saturated carbocycles. The van der Waals surface area contributed by atoms with E-state index in [0.717, 1.165) is 6.42 Å². The van der Waals surface area contributed by atoms with Crippen molar-refractivity contribution in [2.45, 2.75) is 46.1 Å². The number of hydrogen-bond donors (Lipinski definition) is 1. The summed E-state index contributed by atoms with van der Waals surface area (Å²) in [5, 5.41) is 2.97. The van der Waals surface area contributed by atoms with Gasteiger partial charge in [-0.2, -0.15) is 0 Å². The number of piperazine rings is 1. The highest BCUT2D eigenvalue weighted by Crippen LogP contribution is 2.12. The van der Waals surface area contributed by atoms with Gasteiger partial charge in [0, 0.05) is 38.1 Å². The minimum atomic E-state index is -0.239. The van der Waals surface area contributed by atoms with Crippen molar-refractivity contribution in [1.82, 2.24) is 15.1 Å². The summed E-state index contributed by atoms with van der Waals surface area (Å²) < 4.78 is 0. The summed E-state index contributed by atoms with van der Waals surface area (Å²) in [6.45, 7) is 10.4. The Balaban J connectivity index is 1.78. The van der Waals surface area contributed by atoms with E-state index in [2.05, 4.69) is 24.4 Å². The van der Waals surface area contributed by atoms with Crippen LogP contribution in [0.1, 0.15) is 38.3 Å². The molecule has 5 nitrogen and oxygen atoms in total. The molecule has 1 N–H and O–H groups in total. The summed E-state index contributed by atoms with van der Waals surface area (Å²) in [4.78, 5) is 28.2. The van der Waals surface area contributed by atoms with Gasteiger partial charge in [-0.3, -0.25) is 4.79 Å². The first kappa shape index (κ1) is 18.3. The van der Waals surface area contributed by atoms with Crippen LogP contribution >= 0.6 is 0 Å². The van der Waals surface area contributed by atoms with E-state index in [4.69, 9.17) is 0 Å². The van der Waals surface area contributed by atoms with Gasteiger partial charge in [-0.1, -0.05) is 24.3 Å². The van der Waals surface area contributed by atoms with Crippen molar-refractivity contribution >= 4 is 11.9 Å². The standard InChI is InChI=1S/C19H29N3O2/c1-15-7-5-6-8-16(15)9-10-17(23)21-11-13-22(14-12-21)18(24)20-19(2,3)4/h5-8H,9-14H2,1-4H3,(H,20,24). The molecule has 2 rings (SSSR count). The maximum atomic E-state index is 12.4. The molecule has 0 unspecified atom stereocenters. The molecule has 1 aromatic rings. The van der Waals surface area contributed by atoms with Crippen molar-refractivity contribution < 1.29 is 9.59 Å². The van der Waals surface area contributed by atoms with Gasteiger partial charge < -0.3 is 15.1 Å². The lowest BCUT2D eigenvalue weighted by molar-refractivity contribution is -0.132. The molecule has 24 heavy (non-hydrogen) atoms. The third kappa shape index (κ3) is 5.25. The number of amides is 3. The zero-order valence-electron chi connectivity index (χ0n) is 15.3. The Kier molecular flexibility index (Phi) is 5.86. The van der Waals surface area contributed by atoms with Crippen LogP contribution in [0.3, 0.4) is 0 Å². The zero-order valence-corrected chi connectivity index (χ0v) is 15.3. The van der Waals surface area contributed by atoms with Gasteiger partial charge in [-0.15, -0.1) is 0 Å². The highest BCUT2D eigenvalue weighted by atomic mass is 16.2. The van der Waals surface area contributed by atoms with Gasteiger partial charge in [0.2, 0.25) is 5.91 Å². The Morgan fingerprint density at radius 3 is 2.21 bits per heavy atom. The van der Waals surface area contributed by atoms with E-state index in [-0.39, 0.29) is 17.5 Å². The molecule has 0 bridgehead atoms. The van der Waals surface area contributed by atoms with Crippen LogP contribution in [0.15, 0.2) is 24.3 Å². The number of benzene rings is 1. The maximum absolute atomic E-state index is 12.4. The number of urea groups is 1. The van der Waals surface area contributed by atoms with E-state index >= 15 is 0 Å². The predicted molar refractivity (Wildman–Crippen MR) is 95.9 cm³/mol. The van der Waals surface area contributed by atoms with Crippen molar-refractivity contribution in [3.05, 3.63) is 35.4 Å². The van der Waals surface area contributed by atoms with Crippen LogP contribution in [0.25, 0.3) is 0 Å². The molecule has 0 aliphatic carbocycles. The van der Waals surface area contributed by atoms with Gasteiger partial charge in [0.1, 0.15) is 0 Å². The summed E-state index contributed by atoms with van der Waals surface area (Å²) in [7, 11) is 0. The van der Waals surface area contributed by atoms with Crippen LogP contribution in [-0.2, 0) is 11.2 Å². The molecular formula is C19H29N3O2. The van der Waals surface area contributed by atoms with Crippen molar-refractivity contribution in [3.8, 4) is 0 Å². The fourth-order valence-electron chi connectivity index (χ4n) is 2.85. The monoisotopic (exact) mass is 331 g/mol. The van der Waals surface area contributed by atoms with Crippen LogP contribution in [0.4, 0.5) is 4.79 Å². The van der Waals surface area contributed by atoms with Crippen LogP contribution < -0.4 is 5.32 Å². The van der Waals surface area contributed by atoms with E-state index in [1.807, 2.05) is 37.8 Å². The van der Waals surface area contributed by atoms with E-state index in [1.54, 1.807) is 4.90 Å². The second-order valence-corrected chi connectivity index (χ2v) is 7.47. The zero-order chi connectivity index (χ0) is 17.7. The molecule has 3 amide bonds. The number of nitrogens with zero attached hydrogens (tertiary/aromatic N) is 2. The van der Waals surface area contributed by atoms with Crippen molar-refractivity contribution in [2.75, 3.05) is 26.2 Å². The number of hydrogen-bond acceptors (Lipinski definition) is 2. The van der Waals surface area contributed by atoms with E-state index < -0.39 is 0 Å². The fraction of sp³-hybridized carbons (Fsp3) is 0.579. The van der Waals surface area contributed by atoms with Gasteiger partial charge in [-0.05, 0) is 45.2 Å². The van der Waals surface area contributed by atoms with Crippen molar-refractivity contribution in [1.29, 1.82) is 0 Å². The minimum Gasteiger partial charge on any atom is -0.339 e. The minimum absolute atomic E-state index is 0.0468. The lowest BCUT2D eigenvalue weighted by Gasteiger charge is -2.36. The van der Waals surface area contributed by atoms with Crippen molar-refractivity contribution in [2.24, 2.45) is 0 Å². The molecule has 1 aliphatic heterocycles. The highest BCUT2D eigenvalue weighted by Gasteiger charge is 2.25. The molecule has 0 atom stereocenters. The Bertz CT molecular complexity index is 585. The average molecular weight is 331 g/mol. The molecule has 1 heterocycles. The van der Waals surface area contributed by atoms with E-state index in [0.29, 0.717) is 32.6 Å². The molecule has 1 saturated heterocycles. The summed E-state index contributed by atoms with van der Waals surface area (Å²) in [6.07, 6.45) is 1.30. The SMILES string of the molecule is Cc1ccccc1CCC(=O)N1CCN(C(=O)NC(C)(C)C)CC1. The number of rotatable bonds is 3. The molecule has 0 radical (unpaired) electrons. The lowest BCUT2D eigenvalue weighted by Crippen LogP contribution is -2.56. The Morgan fingerprint density at radius 1 is 1.04 bits per heavy atom. The Morgan fingerprint density at radius 2 is 1.62 bits per heavy atom. The number of aryl methyl sites for hydroxylation is 2. The summed E-state index contributed by atoms with van der Waals surface area (Å²) in [5.41, 5.74) is 2.22. The second kappa shape index (κ2) is 7.69. The molecule has 0 spiro atoms. The first-order chi connectivity index (χ1) is 11.3. The molecule has 0 aromatic heterocycles. The first-order valence-corrected chi connectivity index (χ1v) is 8.65. The van der Waals surface area contributed by atoms with Gasteiger partial charge in [0.15, 0.2) is 0 Å². The van der Waals surface area contributed by atoms with Gasteiger partial charge >= 0.3 is 6.03 Å². The third-order valence-electron chi connectivity index (χ3n) is 4.27. The highest BCUT2D eigenvalue weighted by molar-refractivity contribution is 5.78. The van der Waals surface area contributed by atoms with Crippen LogP contribution in [0.5, 0.6) is 0 Å². The maximum Gasteiger partial charge on any atom is 0.317 e. The van der Waals surface area contributed by atoms with Crippen LogP contribution in [0, 0.1) is 6.92 Å². The average Bonchev–Trinajstić information content (AvgIpc) is 2.52. The van der Waals surface area contributed by atoms with Crippen LogP contribution in [0.2, 0.25) is 0 Å². The summed E-state index contributed by atoms with van der Waals surface area (Å²) in [6, 6.07) is 8.14. The second-order valence-electron chi connectivity index (χ2n) is 7.47. The van der Waals surface area contributed by atoms with E-state index in [9.17, 15) is 9.59 Å². The fourth-order valence-corrected chi connectivity index (χ4v) is 2.85. The Labute approximate surface area is 145 Å². The first-order valence-electron chi connectivity index (χ1n) is 8.65. The van der Waals surface area contributed by atoms with Gasteiger partial charge in [0.05, 0.1) is 0 Å². The van der Waals surface area contributed by atoms with Crippen LogP contribution in [-0.4, -0.2) is 53.5 Å². The third-order valence-corrected chi connectivity index (χ3v) is 4.27. The summed E-state index contributed by atoms with van der Waals surface area (Å²) in [5.74, 6) is 0.175.